The summed E-state index contributed by atoms with van der Waals surface area (Å²) < 4.78 is 0. The van der Waals surface area contributed by atoms with Crippen LogP contribution in [0.2, 0.25) is 0 Å². The lowest BCUT2D eigenvalue weighted by molar-refractivity contribution is 0.0640. The lowest BCUT2D eigenvalue weighted by atomic mass is 9.73. The largest absolute Gasteiger partial charge is 0.392 e. The van der Waals surface area contributed by atoms with Crippen LogP contribution in [0.3, 0.4) is 0 Å². The molecule has 0 aromatic heterocycles. The van der Waals surface area contributed by atoms with Crippen LogP contribution in [0.4, 0.5) is 0 Å². The van der Waals surface area contributed by atoms with Crippen LogP contribution < -0.4 is 5.32 Å². The van der Waals surface area contributed by atoms with E-state index in [-0.39, 0.29) is 6.10 Å². The van der Waals surface area contributed by atoms with E-state index in [9.17, 15) is 5.11 Å². The highest BCUT2D eigenvalue weighted by molar-refractivity contribution is 4.90. The summed E-state index contributed by atoms with van der Waals surface area (Å²) >= 11 is 0. The predicted molar refractivity (Wildman–Crippen MR) is 76.5 cm³/mol. The van der Waals surface area contributed by atoms with Crippen LogP contribution in [-0.4, -0.2) is 23.3 Å². The van der Waals surface area contributed by atoms with Crippen LogP contribution in [0.5, 0.6) is 0 Å². The number of aliphatic hydroxyl groups is 1. The van der Waals surface area contributed by atoms with E-state index in [1.54, 1.807) is 0 Å². The first kappa shape index (κ1) is 14.3. The molecule has 5 unspecified atom stereocenters. The Morgan fingerprint density at radius 2 is 1.72 bits per heavy atom. The molecule has 2 rings (SSSR count). The molecule has 0 radical (unpaired) electrons. The maximum Gasteiger partial charge on any atom is 0.0693 e. The molecule has 0 heterocycles. The smallest absolute Gasteiger partial charge is 0.0693 e. The van der Waals surface area contributed by atoms with E-state index in [1.165, 1.54) is 32.1 Å². The molecule has 2 heteroatoms. The average molecular weight is 253 g/mol. The van der Waals surface area contributed by atoms with Gasteiger partial charge in [-0.25, -0.2) is 0 Å². The van der Waals surface area contributed by atoms with Crippen molar-refractivity contribution < 1.29 is 5.11 Å². The fourth-order valence-electron chi connectivity index (χ4n) is 3.97. The molecule has 2 nitrogen and oxygen atoms in total. The van der Waals surface area contributed by atoms with Crippen LogP contribution in [0.15, 0.2) is 0 Å². The third kappa shape index (κ3) is 3.48. The van der Waals surface area contributed by atoms with Crippen molar-refractivity contribution in [1.82, 2.24) is 5.32 Å². The number of aliphatic hydroxyl groups excluding tert-OH is 1. The Morgan fingerprint density at radius 3 is 2.39 bits per heavy atom. The van der Waals surface area contributed by atoms with Crippen molar-refractivity contribution in [2.45, 2.75) is 83.9 Å². The van der Waals surface area contributed by atoms with E-state index in [0.29, 0.717) is 12.1 Å². The number of hydrogen-bond acceptors (Lipinski definition) is 2. The van der Waals surface area contributed by atoms with Crippen LogP contribution >= 0.6 is 0 Å². The number of rotatable bonds is 3. The minimum Gasteiger partial charge on any atom is -0.392 e. The zero-order chi connectivity index (χ0) is 13.1. The average Bonchev–Trinajstić information content (AvgIpc) is 2.32. The molecule has 2 N–H and O–H groups in total. The van der Waals surface area contributed by atoms with Crippen molar-refractivity contribution >= 4 is 0 Å². The van der Waals surface area contributed by atoms with Gasteiger partial charge in [0.1, 0.15) is 0 Å². The number of nitrogens with one attached hydrogen (secondary N) is 1. The molecular formula is C16H31NO. The quantitative estimate of drug-likeness (QED) is 0.808. The normalized spacial score (nSPS) is 42.2. The van der Waals surface area contributed by atoms with Gasteiger partial charge in [-0.3, -0.25) is 0 Å². The Bertz CT molecular complexity index is 253. The predicted octanol–water partition coefficient (Wildman–Crippen LogP) is 3.34. The van der Waals surface area contributed by atoms with Gasteiger partial charge < -0.3 is 10.4 Å². The van der Waals surface area contributed by atoms with E-state index in [0.717, 1.165) is 30.6 Å². The maximum absolute atomic E-state index is 10.1. The van der Waals surface area contributed by atoms with Gasteiger partial charge in [-0.1, -0.05) is 40.0 Å². The highest BCUT2D eigenvalue weighted by Crippen LogP contribution is 2.34. The molecule has 0 bridgehead atoms. The Hall–Kier alpha value is -0.0800. The minimum absolute atomic E-state index is 0.108. The lowest BCUT2D eigenvalue weighted by Crippen LogP contribution is -2.52. The van der Waals surface area contributed by atoms with Crippen molar-refractivity contribution in [2.75, 3.05) is 0 Å². The van der Waals surface area contributed by atoms with Crippen LogP contribution in [-0.2, 0) is 0 Å². The molecule has 0 saturated heterocycles. The molecule has 2 saturated carbocycles. The fourth-order valence-corrected chi connectivity index (χ4v) is 3.97. The maximum atomic E-state index is 10.1. The van der Waals surface area contributed by atoms with Crippen molar-refractivity contribution in [1.29, 1.82) is 0 Å². The molecule has 106 valence electrons. The standard InChI is InChI=1S/C16H31NO/c1-11(2)13-9-8-12(3)10-15(13)17-14-6-4-5-7-16(14)18/h11-18H,4-10H2,1-3H3. The van der Waals surface area contributed by atoms with Crippen LogP contribution in [0.1, 0.15) is 65.7 Å². The van der Waals surface area contributed by atoms with E-state index >= 15 is 0 Å². The molecule has 2 aliphatic carbocycles. The van der Waals surface area contributed by atoms with Gasteiger partial charge in [0.05, 0.1) is 6.10 Å². The summed E-state index contributed by atoms with van der Waals surface area (Å²) in [7, 11) is 0. The third-order valence-corrected chi connectivity index (χ3v) is 5.18. The summed E-state index contributed by atoms with van der Waals surface area (Å²) in [5.41, 5.74) is 0. The summed E-state index contributed by atoms with van der Waals surface area (Å²) in [6.07, 6.45) is 8.57. The SMILES string of the molecule is CC1CCC(C(C)C)C(NC2CCCCC2O)C1. The minimum atomic E-state index is -0.108. The van der Waals surface area contributed by atoms with Gasteiger partial charge >= 0.3 is 0 Å². The molecule has 0 aromatic carbocycles. The summed E-state index contributed by atoms with van der Waals surface area (Å²) in [6.45, 7) is 7.09. The van der Waals surface area contributed by atoms with Crippen molar-refractivity contribution in [2.24, 2.45) is 17.8 Å². The van der Waals surface area contributed by atoms with Crippen LogP contribution in [0.25, 0.3) is 0 Å². The van der Waals surface area contributed by atoms with Crippen molar-refractivity contribution in [3.05, 3.63) is 0 Å². The lowest BCUT2D eigenvalue weighted by Gasteiger charge is -2.41. The molecule has 0 aliphatic heterocycles. The first-order valence-electron chi connectivity index (χ1n) is 8.02. The molecule has 2 fully saturated rings. The Morgan fingerprint density at radius 1 is 1.00 bits per heavy atom. The highest BCUT2D eigenvalue weighted by Gasteiger charge is 2.34. The molecule has 0 spiro atoms. The third-order valence-electron chi connectivity index (χ3n) is 5.18. The highest BCUT2D eigenvalue weighted by atomic mass is 16.3. The monoisotopic (exact) mass is 253 g/mol. The molecular weight excluding hydrogens is 222 g/mol. The van der Waals surface area contributed by atoms with E-state index in [1.807, 2.05) is 0 Å². The van der Waals surface area contributed by atoms with Gasteiger partial charge in [0.15, 0.2) is 0 Å². The van der Waals surface area contributed by atoms with E-state index in [4.69, 9.17) is 0 Å². The Kier molecular flexibility index (Phi) is 5.08. The van der Waals surface area contributed by atoms with E-state index in [2.05, 4.69) is 26.1 Å². The topological polar surface area (TPSA) is 32.3 Å². The second-order valence-electron chi connectivity index (χ2n) is 7.06. The first-order valence-corrected chi connectivity index (χ1v) is 8.02. The second kappa shape index (κ2) is 6.38. The summed E-state index contributed by atoms with van der Waals surface area (Å²) in [4.78, 5) is 0. The number of hydrogen-bond donors (Lipinski definition) is 2. The second-order valence-corrected chi connectivity index (χ2v) is 7.06. The summed E-state index contributed by atoms with van der Waals surface area (Å²) in [5.74, 6) is 2.41. The van der Waals surface area contributed by atoms with Gasteiger partial charge in [0.25, 0.3) is 0 Å². The molecule has 5 atom stereocenters. The van der Waals surface area contributed by atoms with Crippen molar-refractivity contribution in [3.8, 4) is 0 Å². The zero-order valence-corrected chi connectivity index (χ0v) is 12.4. The molecule has 2 aliphatic rings. The van der Waals surface area contributed by atoms with Gasteiger partial charge in [-0.05, 0) is 43.4 Å². The van der Waals surface area contributed by atoms with Gasteiger partial charge in [-0.2, -0.15) is 0 Å². The van der Waals surface area contributed by atoms with Crippen molar-refractivity contribution in [3.63, 3.8) is 0 Å². The fraction of sp³-hybridized carbons (Fsp3) is 1.00. The molecule has 0 aromatic rings. The molecule has 18 heavy (non-hydrogen) atoms. The Balaban J connectivity index is 1.95. The summed E-state index contributed by atoms with van der Waals surface area (Å²) in [5, 5.41) is 13.9. The van der Waals surface area contributed by atoms with Gasteiger partial charge in [0, 0.05) is 12.1 Å². The molecule has 0 amide bonds. The van der Waals surface area contributed by atoms with Gasteiger partial charge in [-0.15, -0.1) is 0 Å². The first-order chi connectivity index (χ1) is 8.58. The Labute approximate surface area is 113 Å². The summed E-state index contributed by atoms with van der Waals surface area (Å²) in [6, 6.07) is 0.988. The van der Waals surface area contributed by atoms with Crippen LogP contribution in [0, 0.1) is 17.8 Å². The zero-order valence-electron chi connectivity index (χ0n) is 12.4. The van der Waals surface area contributed by atoms with E-state index < -0.39 is 0 Å². The van der Waals surface area contributed by atoms with Gasteiger partial charge in [0.2, 0.25) is 0 Å².